The number of rotatable bonds is 4. The maximum atomic E-state index is 11.9. The highest BCUT2D eigenvalue weighted by Gasteiger charge is 2.23. The van der Waals surface area contributed by atoms with E-state index in [-0.39, 0.29) is 36.9 Å². The fourth-order valence-corrected chi connectivity index (χ4v) is 2.84. The van der Waals surface area contributed by atoms with Crippen molar-refractivity contribution >= 4 is 29.3 Å². The number of hydrogen-bond acceptors (Lipinski definition) is 5. The van der Waals surface area contributed by atoms with Crippen molar-refractivity contribution in [2.75, 3.05) is 12.3 Å². The van der Waals surface area contributed by atoms with Crippen LogP contribution in [-0.2, 0) is 16.1 Å². The summed E-state index contributed by atoms with van der Waals surface area (Å²) >= 11 is 1.31. The fourth-order valence-electron chi connectivity index (χ4n) is 1.90. The van der Waals surface area contributed by atoms with Crippen molar-refractivity contribution in [3.8, 4) is 0 Å². The zero-order valence-electron chi connectivity index (χ0n) is 10.4. The first kappa shape index (κ1) is 14.3. The lowest BCUT2D eigenvalue weighted by atomic mass is 10.2. The van der Waals surface area contributed by atoms with Crippen LogP contribution in [0, 0.1) is 10.1 Å². The van der Waals surface area contributed by atoms with Gasteiger partial charge in [-0.2, -0.15) is 0 Å². The van der Waals surface area contributed by atoms with Crippen LogP contribution >= 0.6 is 11.8 Å². The van der Waals surface area contributed by atoms with Gasteiger partial charge in [0.2, 0.25) is 5.91 Å². The summed E-state index contributed by atoms with van der Waals surface area (Å²) in [6, 6.07) is 4.48. The number of nitro benzene ring substituents is 1. The lowest BCUT2D eigenvalue weighted by molar-refractivity contribution is -0.385. The second kappa shape index (κ2) is 5.91. The molecule has 8 heteroatoms. The maximum absolute atomic E-state index is 11.9. The zero-order valence-corrected chi connectivity index (χ0v) is 11.3. The molecule has 1 aromatic rings. The minimum absolute atomic E-state index is 0.0307. The molecule has 0 bridgehead atoms. The third kappa shape index (κ3) is 3.27. The van der Waals surface area contributed by atoms with Crippen molar-refractivity contribution in [3.05, 3.63) is 33.9 Å². The molecule has 7 nitrogen and oxygen atoms in total. The largest absolute Gasteiger partial charge is 0.481 e. The second-order valence-electron chi connectivity index (χ2n) is 4.30. The van der Waals surface area contributed by atoms with Gasteiger partial charge in [-0.25, -0.2) is 0 Å². The number of benzene rings is 1. The predicted molar refractivity (Wildman–Crippen MR) is 71.5 cm³/mol. The molecule has 1 heterocycles. The summed E-state index contributed by atoms with van der Waals surface area (Å²) in [5.74, 6) is -0.922. The first-order chi connectivity index (χ1) is 9.47. The molecule has 0 saturated carbocycles. The van der Waals surface area contributed by atoms with Crippen molar-refractivity contribution < 1.29 is 19.6 Å². The Labute approximate surface area is 118 Å². The van der Waals surface area contributed by atoms with Crippen LogP contribution < -0.4 is 0 Å². The maximum Gasteiger partial charge on any atom is 0.305 e. The Bertz CT molecular complexity index is 575. The zero-order chi connectivity index (χ0) is 14.7. The monoisotopic (exact) mass is 296 g/mol. The van der Waals surface area contributed by atoms with E-state index in [0.29, 0.717) is 5.56 Å². The molecule has 106 valence electrons. The molecule has 1 aliphatic rings. The molecule has 0 spiro atoms. The summed E-state index contributed by atoms with van der Waals surface area (Å²) in [6.07, 6.45) is -0.138. The lowest BCUT2D eigenvalue weighted by Gasteiger charge is -2.19. The van der Waals surface area contributed by atoms with Gasteiger partial charge in [-0.1, -0.05) is 0 Å². The topological polar surface area (TPSA) is 101 Å². The number of carboxylic acid groups (broad SMARTS) is 1. The third-order valence-corrected chi connectivity index (χ3v) is 4.02. The molecule has 0 unspecified atom stereocenters. The van der Waals surface area contributed by atoms with Crippen molar-refractivity contribution in [1.29, 1.82) is 0 Å². The highest BCUT2D eigenvalue weighted by atomic mass is 32.2. The van der Waals surface area contributed by atoms with Crippen LogP contribution in [0.2, 0.25) is 0 Å². The lowest BCUT2D eigenvalue weighted by Crippen LogP contribution is -2.32. The Balaban J connectivity index is 2.23. The first-order valence-electron chi connectivity index (χ1n) is 5.87. The van der Waals surface area contributed by atoms with E-state index in [1.807, 2.05) is 0 Å². The van der Waals surface area contributed by atoms with Gasteiger partial charge in [-0.15, -0.1) is 11.8 Å². The molecular weight excluding hydrogens is 284 g/mol. The van der Waals surface area contributed by atoms with Crippen molar-refractivity contribution in [3.63, 3.8) is 0 Å². The van der Waals surface area contributed by atoms with Crippen molar-refractivity contribution in [2.24, 2.45) is 0 Å². The molecule has 1 aromatic carbocycles. The average Bonchev–Trinajstić information content (AvgIpc) is 2.55. The Morgan fingerprint density at radius 3 is 2.90 bits per heavy atom. The molecule has 0 atom stereocenters. The number of amides is 1. The third-order valence-electron chi connectivity index (χ3n) is 2.92. The molecule has 0 radical (unpaired) electrons. The van der Waals surface area contributed by atoms with Crippen LogP contribution in [-0.4, -0.2) is 39.1 Å². The molecule has 0 aromatic heterocycles. The number of nitro groups is 1. The van der Waals surface area contributed by atoms with Crippen molar-refractivity contribution in [1.82, 2.24) is 4.90 Å². The van der Waals surface area contributed by atoms with Gasteiger partial charge in [0.15, 0.2) is 0 Å². The summed E-state index contributed by atoms with van der Waals surface area (Å²) in [4.78, 5) is 35.0. The SMILES string of the molecule is O=C(O)CCN1Cc2cc([N+](=O)[O-])ccc2SCC1=O. The Morgan fingerprint density at radius 1 is 1.50 bits per heavy atom. The molecule has 0 fully saturated rings. The first-order valence-corrected chi connectivity index (χ1v) is 6.85. The normalized spacial score (nSPS) is 14.6. The number of non-ortho nitro benzene ring substituents is 1. The number of carbonyl (C=O) groups excluding carboxylic acids is 1. The summed E-state index contributed by atoms with van der Waals surface area (Å²) in [6.45, 7) is 0.312. The number of carbonyl (C=O) groups is 2. The molecule has 1 N–H and O–H groups in total. The fraction of sp³-hybridized carbons (Fsp3) is 0.333. The molecular formula is C12H12N2O5S. The average molecular weight is 296 g/mol. The summed E-state index contributed by atoms with van der Waals surface area (Å²) < 4.78 is 0. The van der Waals surface area contributed by atoms with E-state index in [9.17, 15) is 19.7 Å². The van der Waals surface area contributed by atoms with Gasteiger partial charge in [0, 0.05) is 30.1 Å². The van der Waals surface area contributed by atoms with E-state index in [1.165, 1.54) is 28.8 Å². The second-order valence-corrected chi connectivity index (χ2v) is 5.31. The smallest absolute Gasteiger partial charge is 0.305 e. The van der Waals surface area contributed by atoms with E-state index in [0.717, 1.165) is 4.90 Å². The number of fused-ring (bicyclic) bond motifs is 1. The Kier molecular flexibility index (Phi) is 4.23. The van der Waals surface area contributed by atoms with Crippen LogP contribution in [0.1, 0.15) is 12.0 Å². The molecule has 0 saturated heterocycles. The quantitative estimate of drug-likeness (QED) is 0.667. The highest BCUT2D eigenvalue weighted by Crippen LogP contribution is 2.30. The minimum Gasteiger partial charge on any atom is -0.481 e. The van der Waals surface area contributed by atoms with Gasteiger partial charge in [-0.05, 0) is 11.6 Å². The molecule has 1 aliphatic heterocycles. The summed E-state index contributed by atoms with van der Waals surface area (Å²) in [7, 11) is 0. The highest BCUT2D eigenvalue weighted by molar-refractivity contribution is 8.00. The van der Waals surface area contributed by atoms with Gasteiger partial charge in [0.05, 0.1) is 17.1 Å². The summed E-state index contributed by atoms with van der Waals surface area (Å²) in [5, 5.41) is 19.5. The van der Waals surface area contributed by atoms with Gasteiger partial charge in [0.1, 0.15) is 0 Å². The van der Waals surface area contributed by atoms with Crippen LogP contribution in [0.4, 0.5) is 5.69 Å². The predicted octanol–water partition coefficient (Wildman–Crippen LogP) is 1.50. The Hall–Kier alpha value is -2.09. The van der Waals surface area contributed by atoms with E-state index >= 15 is 0 Å². The number of carboxylic acids is 1. The van der Waals surface area contributed by atoms with Crippen molar-refractivity contribution in [2.45, 2.75) is 17.9 Å². The Morgan fingerprint density at radius 2 is 2.25 bits per heavy atom. The van der Waals surface area contributed by atoms with E-state index in [1.54, 1.807) is 6.07 Å². The van der Waals surface area contributed by atoms with Gasteiger partial charge in [0.25, 0.3) is 5.69 Å². The van der Waals surface area contributed by atoms with Crippen LogP contribution in [0.5, 0.6) is 0 Å². The molecule has 1 amide bonds. The van der Waals surface area contributed by atoms with E-state index < -0.39 is 10.9 Å². The number of hydrogen-bond donors (Lipinski definition) is 1. The van der Waals surface area contributed by atoms with Gasteiger partial charge >= 0.3 is 5.97 Å². The standard InChI is InChI=1S/C12H12N2O5S/c15-11-7-20-10-2-1-9(14(18)19)5-8(10)6-13(11)4-3-12(16)17/h1-2,5H,3-4,6-7H2,(H,16,17). The number of thioether (sulfide) groups is 1. The number of nitrogens with zero attached hydrogens (tertiary/aromatic N) is 2. The van der Waals surface area contributed by atoms with Gasteiger partial charge in [-0.3, -0.25) is 19.7 Å². The van der Waals surface area contributed by atoms with Crippen LogP contribution in [0.25, 0.3) is 0 Å². The summed E-state index contributed by atoms with van der Waals surface area (Å²) in [5.41, 5.74) is 0.650. The molecule has 2 rings (SSSR count). The number of aliphatic carboxylic acids is 1. The van der Waals surface area contributed by atoms with Crippen LogP contribution in [0.3, 0.4) is 0 Å². The minimum atomic E-state index is -0.978. The van der Waals surface area contributed by atoms with E-state index in [2.05, 4.69) is 0 Å². The molecule has 20 heavy (non-hydrogen) atoms. The molecule has 0 aliphatic carbocycles. The van der Waals surface area contributed by atoms with Crippen LogP contribution in [0.15, 0.2) is 23.1 Å². The van der Waals surface area contributed by atoms with E-state index in [4.69, 9.17) is 5.11 Å². The van der Waals surface area contributed by atoms with Gasteiger partial charge < -0.3 is 10.0 Å².